The quantitative estimate of drug-likeness (QED) is 0.701. The van der Waals surface area contributed by atoms with Gasteiger partial charge in [0.25, 0.3) is 0 Å². The van der Waals surface area contributed by atoms with Gasteiger partial charge in [0.15, 0.2) is 0 Å². The van der Waals surface area contributed by atoms with Gasteiger partial charge in [0.1, 0.15) is 18.2 Å². The minimum Gasteiger partial charge on any atom is -0.491 e. The second-order valence-corrected chi connectivity index (χ2v) is 5.13. The Labute approximate surface area is 121 Å². The normalized spacial score (nSPS) is 12.7. The molecule has 114 valence electrons. The fraction of sp³-hybridized carbons (Fsp3) is 0.625. The van der Waals surface area contributed by atoms with Crippen LogP contribution in [0.15, 0.2) is 18.2 Å². The van der Waals surface area contributed by atoms with Gasteiger partial charge in [0.05, 0.1) is 12.7 Å². The summed E-state index contributed by atoms with van der Waals surface area (Å²) in [5.41, 5.74) is 0.976. The molecule has 0 aromatic heterocycles. The molecule has 0 radical (unpaired) electrons. The standard InChI is InChI=1S/C16H26FNO2/c1-5-8-18-13(4)15-7-6-14(17)11-16(15)20-10-9-19-12(2)3/h6-7,11-13,18H,5,8-10H2,1-4H3. The molecule has 1 aromatic rings. The monoisotopic (exact) mass is 283 g/mol. The zero-order valence-corrected chi connectivity index (χ0v) is 12.9. The zero-order valence-electron chi connectivity index (χ0n) is 12.9. The van der Waals surface area contributed by atoms with Crippen LogP contribution in [0.5, 0.6) is 5.75 Å². The lowest BCUT2D eigenvalue weighted by molar-refractivity contribution is 0.0549. The molecule has 0 saturated carbocycles. The highest BCUT2D eigenvalue weighted by atomic mass is 19.1. The zero-order chi connectivity index (χ0) is 15.0. The minimum absolute atomic E-state index is 0.136. The molecular weight excluding hydrogens is 257 g/mol. The van der Waals surface area contributed by atoms with E-state index in [9.17, 15) is 4.39 Å². The van der Waals surface area contributed by atoms with E-state index in [1.165, 1.54) is 12.1 Å². The third-order valence-corrected chi connectivity index (χ3v) is 2.93. The molecule has 1 rings (SSSR count). The fourth-order valence-corrected chi connectivity index (χ4v) is 1.90. The Balaban J connectivity index is 2.64. The number of hydrogen-bond acceptors (Lipinski definition) is 3. The minimum atomic E-state index is -0.281. The molecule has 0 fully saturated rings. The molecule has 0 amide bonds. The second-order valence-electron chi connectivity index (χ2n) is 5.13. The summed E-state index contributed by atoms with van der Waals surface area (Å²) in [6.07, 6.45) is 1.24. The van der Waals surface area contributed by atoms with Crippen LogP contribution in [-0.4, -0.2) is 25.9 Å². The van der Waals surface area contributed by atoms with Crippen LogP contribution in [0, 0.1) is 5.82 Å². The molecule has 0 heterocycles. The number of ether oxygens (including phenoxy) is 2. The van der Waals surface area contributed by atoms with Gasteiger partial charge in [-0.25, -0.2) is 4.39 Å². The second kappa shape index (κ2) is 8.93. The molecule has 0 saturated heterocycles. The lowest BCUT2D eigenvalue weighted by Crippen LogP contribution is -2.20. The first-order chi connectivity index (χ1) is 9.54. The molecule has 1 atom stereocenters. The first kappa shape index (κ1) is 16.9. The lowest BCUT2D eigenvalue weighted by atomic mass is 10.1. The van der Waals surface area contributed by atoms with E-state index in [0.717, 1.165) is 18.5 Å². The molecule has 1 unspecified atom stereocenters. The largest absolute Gasteiger partial charge is 0.491 e. The van der Waals surface area contributed by atoms with Crippen molar-refractivity contribution in [3.63, 3.8) is 0 Å². The van der Waals surface area contributed by atoms with Gasteiger partial charge in [-0.1, -0.05) is 13.0 Å². The number of benzene rings is 1. The summed E-state index contributed by atoms with van der Waals surface area (Å²) in [5, 5.41) is 3.38. The Morgan fingerprint density at radius 3 is 2.60 bits per heavy atom. The Morgan fingerprint density at radius 2 is 1.95 bits per heavy atom. The Morgan fingerprint density at radius 1 is 1.20 bits per heavy atom. The smallest absolute Gasteiger partial charge is 0.127 e. The highest BCUT2D eigenvalue weighted by molar-refractivity contribution is 5.36. The van der Waals surface area contributed by atoms with Crippen molar-refractivity contribution in [2.75, 3.05) is 19.8 Å². The topological polar surface area (TPSA) is 30.5 Å². The third-order valence-electron chi connectivity index (χ3n) is 2.93. The first-order valence-electron chi connectivity index (χ1n) is 7.31. The SMILES string of the molecule is CCCNC(C)c1ccc(F)cc1OCCOC(C)C. The molecule has 0 spiro atoms. The van der Waals surface area contributed by atoms with E-state index in [-0.39, 0.29) is 18.0 Å². The van der Waals surface area contributed by atoms with Gasteiger partial charge in [-0.2, -0.15) is 0 Å². The number of hydrogen-bond donors (Lipinski definition) is 1. The van der Waals surface area contributed by atoms with E-state index in [1.807, 2.05) is 13.8 Å². The van der Waals surface area contributed by atoms with Crippen LogP contribution < -0.4 is 10.1 Å². The van der Waals surface area contributed by atoms with E-state index in [2.05, 4.69) is 19.2 Å². The Hall–Kier alpha value is -1.13. The van der Waals surface area contributed by atoms with Gasteiger partial charge >= 0.3 is 0 Å². The average Bonchev–Trinajstić information content (AvgIpc) is 2.41. The van der Waals surface area contributed by atoms with E-state index >= 15 is 0 Å². The van der Waals surface area contributed by atoms with E-state index < -0.39 is 0 Å². The summed E-state index contributed by atoms with van der Waals surface area (Å²) >= 11 is 0. The van der Waals surface area contributed by atoms with E-state index in [4.69, 9.17) is 9.47 Å². The van der Waals surface area contributed by atoms with Crippen LogP contribution in [0.25, 0.3) is 0 Å². The predicted octanol–water partition coefficient (Wildman–Crippen LogP) is 3.69. The summed E-state index contributed by atoms with van der Waals surface area (Å²) in [6.45, 7) is 9.98. The predicted molar refractivity (Wildman–Crippen MR) is 79.7 cm³/mol. The average molecular weight is 283 g/mol. The van der Waals surface area contributed by atoms with Crippen molar-refractivity contribution >= 4 is 0 Å². The maximum atomic E-state index is 13.4. The van der Waals surface area contributed by atoms with Crippen LogP contribution >= 0.6 is 0 Å². The van der Waals surface area contributed by atoms with Crippen LogP contribution in [0.4, 0.5) is 4.39 Å². The fourth-order valence-electron chi connectivity index (χ4n) is 1.90. The van der Waals surface area contributed by atoms with Crippen LogP contribution in [0.2, 0.25) is 0 Å². The molecule has 20 heavy (non-hydrogen) atoms. The Kier molecular flexibility index (Phi) is 7.55. The Bertz CT molecular complexity index is 396. The van der Waals surface area contributed by atoms with Crippen LogP contribution in [0.3, 0.4) is 0 Å². The molecule has 3 nitrogen and oxygen atoms in total. The highest BCUT2D eigenvalue weighted by Crippen LogP contribution is 2.26. The molecular formula is C16H26FNO2. The molecule has 1 N–H and O–H groups in total. The van der Waals surface area contributed by atoms with Crippen LogP contribution in [-0.2, 0) is 4.74 Å². The van der Waals surface area contributed by atoms with E-state index in [0.29, 0.717) is 19.0 Å². The van der Waals surface area contributed by atoms with Crippen molar-refractivity contribution in [1.29, 1.82) is 0 Å². The molecule has 0 aliphatic rings. The molecule has 0 aliphatic heterocycles. The number of nitrogens with one attached hydrogen (secondary N) is 1. The van der Waals surface area contributed by atoms with Crippen molar-refractivity contribution in [3.8, 4) is 5.75 Å². The maximum absolute atomic E-state index is 13.4. The highest BCUT2D eigenvalue weighted by Gasteiger charge is 2.12. The van der Waals surface area contributed by atoms with Gasteiger partial charge in [0.2, 0.25) is 0 Å². The summed E-state index contributed by atoms with van der Waals surface area (Å²) in [7, 11) is 0. The molecule has 4 heteroatoms. The summed E-state index contributed by atoms with van der Waals surface area (Å²) in [4.78, 5) is 0. The van der Waals surface area contributed by atoms with Crippen molar-refractivity contribution < 1.29 is 13.9 Å². The first-order valence-corrected chi connectivity index (χ1v) is 7.31. The molecule has 0 aliphatic carbocycles. The summed E-state index contributed by atoms with van der Waals surface area (Å²) in [5.74, 6) is 0.310. The van der Waals surface area contributed by atoms with Gasteiger partial charge < -0.3 is 14.8 Å². The summed E-state index contributed by atoms with van der Waals surface area (Å²) < 4.78 is 24.5. The van der Waals surface area contributed by atoms with E-state index in [1.54, 1.807) is 6.07 Å². The van der Waals surface area contributed by atoms with Gasteiger partial charge in [-0.3, -0.25) is 0 Å². The lowest BCUT2D eigenvalue weighted by Gasteiger charge is -2.18. The number of rotatable bonds is 9. The third kappa shape index (κ3) is 5.88. The van der Waals surface area contributed by atoms with Crippen molar-refractivity contribution in [2.24, 2.45) is 0 Å². The van der Waals surface area contributed by atoms with Gasteiger partial charge in [-0.05, 0) is 39.8 Å². The van der Waals surface area contributed by atoms with Gasteiger partial charge in [0, 0.05) is 17.7 Å². The van der Waals surface area contributed by atoms with Crippen molar-refractivity contribution in [2.45, 2.75) is 46.3 Å². The van der Waals surface area contributed by atoms with Crippen LogP contribution in [0.1, 0.15) is 45.7 Å². The van der Waals surface area contributed by atoms with Crippen molar-refractivity contribution in [3.05, 3.63) is 29.6 Å². The van der Waals surface area contributed by atoms with Crippen molar-refractivity contribution in [1.82, 2.24) is 5.32 Å². The summed E-state index contributed by atoms with van der Waals surface area (Å²) in [6, 6.07) is 4.82. The number of halogens is 1. The van der Waals surface area contributed by atoms with Gasteiger partial charge in [-0.15, -0.1) is 0 Å². The molecule has 0 bridgehead atoms. The maximum Gasteiger partial charge on any atom is 0.127 e. The molecule has 1 aromatic carbocycles.